The van der Waals surface area contributed by atoms with Gasteiger partial charge in [0.2, 0.25) is 5.91 Å². The molecule has 0 radical (unpaired) electrons. The first-order valence-corrected chi connectivity index (χ1v) is 6.23. The van der Waals surface area contributed by atoms with Gasteiger partial charge in [0.1, 0.15) is 0 Å². The molecule has 0 aliphatic heterocycles. The van der Waals surface area contributed by atoms with Gasteiger partial charge in [-0.25, -0.2) is 0 Å². The van der Waals surface area contributed by atoms with Crippen LogP contribution >= 0.6 is 0 Å². The van der Waals surface area contributed by atoms with Gasteiger partial charge in [-0.3, -0.25) is 4.79 Å². The molecule has 1 amide bonds. The van der Waals surface area contributed by atoms with Gasteiger partial charge in [0.15, 0.2) is 0 Å². The lowest BCUT2D eigenvalue weighted by Gasteiger charge is -2.10. The lowest BCUT2D eigenvalue weighted by Crippen LogP contribution is -2.17. The van der Waals surface area contributed by atoms with Gasteiger partial charge in [0.05, 0.1) is 0 Å². The molecule has 0 aliphatic carbocycles. The van der Waals surface area contributed by atoms with Crippen LogP contribution < -0.4 is 10.6 Å². The molecular weight excluding hydrogens is 224 g/mol. The van der Waals surface area contributed by atoms with Crippen molar-refractivity contribution >= 4 is 11.6 Å². The van der Waals surface area contributed by atoms with Crippen LogP contribution in [0.3, 0.4) is 0 Å². The molecule has 0 heterocycles. The Hall–Kier alpha value is -1.79. The van der Waals surface area contributed by atoms with Gasteiger partial charge in [-0.05, 0) is 31.0 Å². The molecule has 96 valence electrons. The van der Waals surface area contributed by atoms with Crippen molar-refractivity contribution in [2.75, 3.05) is 11.9 Å². The zero-order valence-electron chi connectivity index (χ0n) is 10.8. The summed E-state index contributed by atoms with van der Waals surface area (Å²) in [7, 11) is 0. The van der Waals surface area contributed by atoms with Crippen LogP contribution in [0.2, 0.25) is 0 Å². The first kappa shape index (κ1) is 14.3. The molecular formula is C15H20N2O. The molecule has 3 nitrogen and oxygen atoms in total. The van der Waals surface area contributed by atoms with Crippen LogP contribution in [0.25, 0.3) is 0 Å². The van der Waals surface area contributed by atoms with Gasteiger partial charge < -0.3 is 10.6 Å². The molecule has 0 saturated heterocycles. The van der Waals surface area contributed by atoms with E-state index in [1.807, 2.05) is 24.3 Å². The minimum atomic E-state index is -0.0449. The predicted molar refractivity (Wildman–Crippen MR) is 75.1 cm³/mol. The number of amides is 1. The summed E-state index contributed by atoms with van der Waals surface area (Å²) in [4.78, 5) is 11.1. The summed E-state index contributed by atoms with van der Waals surface area (Å²) >= 11 is 0. The van der Waals surface area contributed by atoms with E-state index in [1.54, 1.807) is 0 Å². The summed E-state index contributed by atoms with van der Waals surface area (Å²) in [6.07, 6.45) is 8.16. The Balaban J connectivity index is 2.37. The molecule has 0 aliphatic rings. The van der Waals surface area contributed by atoms with Crippen molar-refractivity contribution in [2.24, 2.45) is 0 Å². The Morgan fingerprint density at radius 2 is 2.11 bits per heavy atom. The molecule has 0 atom stereocenters. The number of para-hydroxylation sites is 1. The highest BCUT2D eigenvalue weighted by Crippen LogP contribution is 2.14. The van der Waals surface area contributed by atoms with Crippen molar-refractivity contribution in [3.05, 3.63) is 29.8 Å². The van der Waals surface area contributed by atoms with E-state index >= 15 is 0 Å². The smallest absolute Gasteiger partial charge is 0.221 e. The number of hydrogen-bond donors (Lipinski definition) is 2. The van der Waals surface area contributed by atoms with Gasteiger partial charge in [0, 0.05) is 25.6 Å². The van der Waals surface area contributed by atoms with Gasteiger partial charge in [-0.2, -0.15) is 0 Å². The Bertz CT molecular complexity index is 421. The Labute approximate surface area is 109 Å². The summed E-state index contributed by atoms with van der Waals surface area (Å²) in [5.74, 6) is 2.59. The minimum absolute atomic E-state index is 0.0449. The topological polar surface area (TPSA) is 41.1 Å². The molecule has 0 spiro atoms. The highest BCUT2D eigenvalue weighted by Gasteiger charge is 2.02. The van der Waals surface area contributed by atoms with Crippen LogP contribution in [0.5, 0.6) is 0 Å². The number of benzene rings is 1. The van der Waals surface area contributed by atoms with Crippen molar-refractivity contribution in [3.8, 4) is 12.3 Å². The monoisotopic (exact) mass is 244 g/mol. The number of terminal acetylenes is 1. The zero-order valence-corrected chi connectivity index (χ0v) is 10.8. The standard InChI is InChI=1S/C15H20N2O/c1-3-4-5-8-11-16-12-14-9-6-7-10-15(14)17-13(2)18/h1,6-7,9-10,16H,4-5,8,11-12H2,2H3,(H,17,18). The molecule has 0 aromatic heterocycles. The number of hydrogen-bond acceptors (Lipinski definition) is 2. The Morgan fingerprint density at radius 1 is 1.33 bits per heavy atom. The summed E-state index contributed by atoms with van der Waals surface area (Å²) in [5, 5.41) is 6.18. The Kier molecular flexibility index (Phi) is 6.60. The highest BCUT2D eigenvalue weighted by molar-refractivity contribution is 5.89. The van der Waals surface area contributed by atoms with Crippen molar-refractivity contribution in [1.82, 2.24) is 5.32 Å². The van der Waals surface area contributed by atoms with Gasteiger partial charge in [0.25, 0.3) is 0 Å². The van der Waals surface area contributed by atoms with Gasteiger partial charge in [-0.1, -0.05) is 18.2 Å². The first-order chi connectivity index (χ1) is 8.74. The van der Waals surface area contributed by atoms with E-state index < -0.39 is 0 Å². The average Bonchev–Trinajstić information content (AvgIpc) is 2.35. The number of carbonyl (C=O) groups is 1. The van der Waals surface area contributed by atoms with Crippen LogP contribution in [0.15, 0.2) is 24.3 Å². The summed E-state index contributed by atoms with van der Waals surface area (Å²) in [6, 6.07) is 7.82. The van der Waals surface area contributed by atoms with E-state index in [9.17, 15) is 4.79 Å². The Morgan fingerprint density at radius 3 is 2.83 bits per heavy atom. The molecule has 2 N–H and O–H groups in total. The largest absolute Gasteiger partial charge is 0.326 e. The molecule has 1 aromatic carbocycles. The number of unbranched alkanes of at least 4 members (excludes halogenated alkanes) is 2. The van der Waals surface area contributed by atoms with Crippen LogP contribution in [-0.4, -0.2) is 12.5 Å². The molecule has 0 unspecified atom stereocenters. The first-order valence-electron chi connectivity index (χ1n) is 6.23. The van der Waals surface area contributed by atoms with Crippen molar-refractivity contribution in [2.45, 2.75) is 32.7 Å². The van der Waals surface area contributed by atoms with E-state index in [0.29, 0.717) is 0 Å². The van der Waals surface area contributed by atoms with Crippen LogP contribution in [0, 0.1) is 12.3 Å². The van der Waals surface area contributed by atoms with E-state index in [0.717, 1.165) is 43.6 Å². The zero-order chi connectivity index (χ0) is 13.2. The lowest BCUT2D eigenvalue weighted by atomic mass is 10.1. The van der Waals surface area contributed by atoms with Crippen LogP contribution in [-0.2, 0) is 11.3 Å². The van der Waals surface area contributed by atoms with E-state index in [1.165, 1.54) is 6.92 Å². The fraction of sp³-hybridized carbons (Fsp3) is 0.400. The normalized spacial score (nSPS) is 9.78. The third kappa shape index (κ3) is 5.51. The van der Waals surface area contributed by atoms with E-state index in [-0.39, 0.29) is 5.91 Å². The predicted octanol–water partition coefficient (Wildman–Crippen LogP) is 2.54. The second kappa shape index (κ2) is 8.32. The van der Waals surface area contributed by atoms with E-state index in [2.05, 4.69) is 16.6 Å². The van der Waals surface area contributed by atoms with Crippen molar-refractivity contribution < 1.29 is 4.79 Å². The maximum absolute atomic E-state index is 11.1. The molecule has 3 heteroatoms. The fourth-order valence-electron chi connectivity index (χ4n) is 1.69. The fourth-order valence-corrected chi connectivity index (χ4v) is 1.69. The number of carbonyl (C=O) groups excluding carboxylic acids is 1. The van der Waals surface area contributed by atoms with Crippen molar-refractivity contribution in [1.29, 1.82) is 0 Å². The molecule has 0 fully saturated rings. The van der Waals surface area contributed by atoms with E-state index in [4.69, 9.17) is 6.42 Å². The molecule has 0 saturated carbocycles. The molecule has 18 heavy (non-hydrogen) atoms. The number of nitrogens with one attached hydrogen (secondary N) is 2. The third-order valence-electron chi connectivity index (χ3n) is 2.57. The van der Waals surface area contributed by atoms with Gasteiger partial charge in [-0.15, -0.1) is 12.3 Å². The average molecular weight is 244 g/mol. The lowest BCUT2D eigenvalue weighted by molar-refractivity contribution is -0.114. The summed E-state index contributed by atoms with van der Waals surface area (Å²) in [5.41, 5.74) is 1.98. The quantitative estimate of drug-likeness (QED) is 0.571. The third-order valence-corrected chi connectivity index (χ3v) is 2.57. The maximum atomic E-state index is 11.1. The highest BCUT2D eigenvalue weighted by atomic mass is 16.1. The minimum Gasteiger partial charge on any atom is -0.326 e. The second-order valence-corrected chi connectivity index (χ2v) is 4.18. The summed E-state index contributed by atoms with van der Waals surface area (Å²) in [6.45, 7) is 3.21. The molecule has 1 aromatic rings. The van der Waals surface area contributed by atoms with Crippen LogP contribution in [0.4, 0.5) is 5.69 Å². The maximum Gasteiger partial charge on any atom is 0.221 e. The molecule has 0 bridgehead atoms. The van der Waals surface area contributed by atoms with Crippen molar-refractivity contribution in [3.63, 3.8) is 0 Å². The van der Waals surface area contributed by atoms with Crippen LogP contribution in [0.1, 0.15) is 31.7 Å². The number of rotatable bonds is 7. The summed E-state index contributed by atoms with van der Waals surface area (Å²) < 4.78 is 0. The number of anilines is 1. The SMILES string of the molecule is C#CCCCCNCc1ccccc1NC(C)=O. The molecule has 1 rings (SSSR count). The second-order valence-electron chi connectivity index (χ2n) is 4.18. The van der Waals surface area contributed by atoms with Gasteiger partial charge >= 0.3 is 0 Å².